The summed E-state index contributed by atoms with van der Waals surface area (Å²) < 4.78 is 5.87. The first-order chi connectivity index (χ1) is 18.1. The van der Waals surface area contributed by atoms with Gasteiger partial charge in [-0.2, -0.15) is 0 Å². The molecule has 0 saturated heterocycles. The van der Waals surface area contributed by atoms with E-state index in [2.05, 4.69) is 36.5 Å². The summed E-state index contributed by atoms with van der Waals surface area (Å²) in [5, 5.41) is 14.0. The van der Waals surface area contributed by atoms with Gasteiger partial charge in [0.05, 0.1) is 0 Å². The summed E-state index contributed by atoms with van der Waals surface area (Å²) >= 11 is 0. The predicted octanol–water partition coefficient (Wildman–Crippen LogP) is 7.02. The van der Waals surface area contributed by atoms with Crippen molar-refractivity contribution in [2.45, 2.75) is 51.2 Å². The topological polar surface area (TPSA) is 58.6 Å². The molecule has 190 valence electrons. The lowest BCUT2D eigenvalue weighted by molar-refractivity contribution is -0.122. The van der Waals surface area contributed by atoms with E-state index in [9.17, 15) is 9.90 Å². The Balaban J connectivity index is 1.36. The van der Waals surface area contributed by atoms with Crippen molar-refractivity contribution in [1.82, 2.24) is 5.32 Å². The zero-order chi connectivity index (χ0) is 25.9. The van der Waals surface area contributed by atoms with E-state index >= 15 is 0 Å². The third-order valence-corrected chi connectivity index (χ3v) is 6.73. The van der Waals surface area contributed by atoms with Gasteiger partial charge < -0.3 is 15.2 Å². The van der Waals surface area contributed by atoms with Crippen LogP contribution in [0.1, 0.15) is 54.4 Å². The van der Waals surface area contributed by atoms with Gasteiger partial charge in [-0.15, -0.1) is 0 Å². The zero-order valence-electron chi connectivity index (χ0n) is 21.3. The van der Waals surface area contributed by atoms with Crippen LogP contribution in [0.2, 0.25) is 0 Å². The fraction of sp³-hybridized carbons (Fsp3) is 0.242. The van der Waals surface area contributed by atoms with Gasteiger partial charge in [0.2, 0.25) is 5.91 Å². The molecule has 4 heteroatoms. The molecule has 0 radical (unpaired) electrons. The zero-order valence-corrected chi connectivity index (χ0v) is 21.3. The quantitative estimate of drug-likeness (QED) is 0.223. The molecular formula is C33H35NO3. The molecule has 0 heterocycles. The minimum Gasteiger partial charge on any atom is -0.504 e. The van der Waals surface area contributed by atoms with Crippen LogP contribution in [0.5, 0.6) is 11.5 Å². The van der Waals surface area contributed by atoms with Gasteiger partial charge in [-0.25, -0.2) is 0 Å². The SMILES string of the molecule is CCC(CCc1cccc(OCc2ccccc2)c1O)NC(=O)CC(c1ccccc1)c1ccccc1. The summed E-state index contributed by atoms with van der Waals surface area (Å²) in [7, 11) is 0. The van der Waals surface area contributed by atoms with E-state index in [0.717, 1.165) is 35.1 Å². The molecule has 0 spiro atoms. The lowest BCUT2D eigenvalue weighted by Crippen LogP contribution is -2.35. The van der Waals surface area contributed by atoms with Crippen LogP contribution in [0.4, 0.5) is 0 Å². The molecule has 0 aliphatic carbocycles. The number of phenolic OH excluding ortho intramolecular Hbond substituents is 1. The molecule has 4 nitrogen and oxygen atoms in total. The fourth-order valence-corrected chi connectivity index (χ4v) is 4.60. The summed E-state index contributed by atoms with van der Waals surface area (Å²) in [4.78, 5) is 13.1. The van der Waals surface area contributed by atoms with E-state index in [1.807, 2.05) is 78.9 Å². The van der Waals surface area contributed by atoms with Crippen LogP contribution >= 0.6 is 0 Å². The van der Waals surface area contributed by atoms with Gasteiger partial charge >= 0.3 is 0 Å². The Bertz CT molecular complexity index is 1200. The Morgan fingerprint density at radius 1 is 0.811 bits per heavy atom. The maximum absolute atomic E-state index is 13.1. The molecule has 4 aromatic carbocycles. The second-order valence-corrected chi connectivity index (χ2v) is 9.33. The number of hydrogen-bond acceptors (Lipinski definition) is 3. The average molecular weight is 494 g/mol. The van der Waals surface area contributed by atoms with Gasteiger partial charge in [0.1, 0.15) is 6.61 Å². The first-order valence-electron chi connectivity index (χ1n) is 13.0. The monoisotopic (exact) mass is 493 g/mol. The van der Waals surface area contributed by atoms with E-state index in [0.29, 0.717) is 25.2 Å². The van der Waals surface area contributed by atoms with Crippen molar-refractivity contribution in [1.29, 1.82) is 0 Å². The summed E-state index contributed by atoms with van der Waals surface area (Å²) in [5.41, 5.74) is 4.14. The van der Waals surface area contributed by atoms with E-state index in [-0.39, 0.29) is 23.6 Å². The van der Waals surface area contributed by atoms with Gasteiger partial charge in [-0.3, -0.25) is 4.79 Å². The number of hydrogen-bond donors (Lipinski definition) is 2. The number of rotatable bonds is 12. The maximum atomic E-state index is 13.1. The summed E-state index contributed by atoms with van der Waals surface area (Å²) in [6, 6.07) is 35.9. The molecular weight excluding hydrogens is 458 g/mol. The molecule has 4 aromatic rings. The second-order valence-electron chi connectivity index (χ2n) is 9.33. The Morgan fingerprint density at radius 2 is 1.41 bits per heavy atom. The van der Waals surface area contributed by atoms with Gasteiger partial charge in [0, 0.05) is 18.4 Å². The van der Waals surface area contributed by atoms with Crippen molar-refractivity contribution in [2.24, 2.45) is 0 Å². The smallest absolute Gasteiger partial charge is 0.221 e. The summed E-state index contributed by atoms with van der Waals surface area (Å²) in [6.07, 6.45) is 2.59. The van der Waals surface area contributed by atoms with Gasteiger partial charge in [-0.05, 0) is 47.6 Å². The molecule has 0 aromatic heterocycles. The van der Waals surface area contributed by atoms with E-state index in [1.165, 1.54) is 0 Å². The fourth-order valence-electron chi connectivity index (χ4n) is 4.60. The van der Waals surface area contributed by atoms with Crippen molar-refractivity contribution in [3.05, 3.63) is 131 Å². The average Bonchev–Trinajstić information content (AvgIpc) is 2.95. The van der Waals surface area contributed by atoms with Crippen molar-refractivity contribution in [3.8, 4) is 11.5 Å². The van der Waals surface area contributed by atoms with E-state index in [4.69, 9.17) is 4.74 Å². The third kappa shape index (κ3) is 7.47. The van der Waals surface area contributed by atoms with Gasteiger partial charge in [0.25, 0.3) is 0 Å². The highest BCUT2D eigenvalue weighted by molar-refractivity contribution is 5.78. The number of carbonyl (C=O) groups is 1. The van der Waals surface area contributed by atoms with Crippen molar-refractivity contribution in [3.63, 3.8) is 0 Å². The van der Waals surface area contributed by atoms with Crippen LogP contribution in [0.3, 0.4) is 0 Å². The number of nitrogens with one attached hydrogen (secondary N) is 1. The Labute approximate surface area is 220 Å². The maximum Gasteiger partial charge on any atom is 0.221 e. The molecule has 2 N–H and O–H groups in total. The highest BCUT2D eigenvalue weighted by Gasteiger charge is 2.20. The van der Waals surface area contributed by atoms with Crippen LogP contribution in [-0.4, -0.2) is 17.1 Å². The number of ether oxygens (including phenoxy) is 1. The number of carbonyl (C=O) groups excluding carboxylic acids is 1. The molecule has 37 heavy (non-hydrogen) atoms. The second kappa shape index (κ2) is 13.3. The number of aryl methyl sites for hydroxylation is 1. The van der Waals surface area contributed by atoms with Crippen LogP contribution in [0.15, 0.2) is 109 Å². The lowest BCUT2D eigenvalue weighted by atomic mass is 9.88. The summed E-state index contributed by atoms with van der Waals surface area (Å²) in [6.45, 7) is 2.48. The van der Waals surface area contributed by atoms with Crippen LogP contribution < -0.4 is 10.1 Å². The Hall–Kier alpha value is -4.05. The predicted molar refractivity (Wildman–Crippen MR) is 149 cm³/mol. The van der Waals surface area contributed by atoms with Crippen LogP contribution in [-0.2, 0) is 17.8 Å². The van der Waals surface area contributed by atoms with E-state index in [1.54, 1.807) is 6.07 Å². The summed E-state index contributed by atoms with van der Waals surface area (Å²) in [5.74, 6) is 0.691. The molecule has 0 saturated carbocycles. The molecule has 1 atom stereocenters. The first-order valence-corrected chi connectivity index (χ1v) is 13.0. The largest absolute Gasteiger partial charge is 0.504 e. The van der Waals surface area contributed by atoms with Crippen molar-refractivity contribution < 1.29 is 14.6 Å². The molecule has 0 bridgehead atoms. The minimum atomic E-state index is 0.00222. The number of amides is 1. The molecule has 0 aliphatic heterocycles. The number of aromatic hydroxyl groups is 1. The highest BCUT2D eigenvalue weighted by atomic mass is 16.5. The highest BCUT2D eigenvalue weighted by Crippen LogP contribution is 2.32. The number of para-hydroxylation sites is 1. The minimum absolute atomic E-state index is 0.00222. The normalized spacial score (nSPS) is 11.7. The van der Waals surface area contributed by atoms with Gasteiger partial charge in [-0.1, -0.05) is 110 Å². The van der Waals surface area contributed by atoms with Crippen LogP contribution in [0, 0.1) is 0 Å². The van der Waals surface area contributed by atoms with Crippen molar-refractivity contribution in [2.75, 3.05) is 0 Å². The van der Waals surface area contributed by atoms with E-state index < -0.39 is 0 Å². The third-order valence-electron chi connectivity index (χ3n) is 6.73. The molecule has 1 unspecified atom stereocenters. The molecule has 1 amide bonds. The molecule has 4 rings (SSSR count). The molecule has 0 fully saturated rings. The van der Waals surface area contributed by atoms with Gasteiger partial charge in [0.15, 0.2) is 11.5 Å². The standard InChI is InChI=1S/C33H35NO3/c1-2-29(22-21-28-19-12-20-31(33(28)36)37-24-25-13-6-3-7-14-25)34-32(35)23-30(26-15-8-4-9-16-26)27-17-10-5-11-18-27/h3-20,29-30,36H,2,21-24H2,1H3,(H,34,35). The molecule has 0 aliphatic rings. The lowest BCUT2D eigenvalue weighted by Gasteiger charge is -2.21. The Kier molecular flexibility index (Phi) is 9.36. The number of benzene rings is 4. The van der Waals surface area contributed by atoms with Crippen molar-refractivity contribution >= 4 is 5.91 Å². The van der Waals surface area contributed by atoms with Crippen LogP contribution in [0.25, 0.3) is 0 Å². The first kappa shape index (κ1) is 26.0. The number of phenols is 1. The Morgan fingerprint density at radius 3 is 2.00 bits per heavy atom.